The van der Waals surface area contributed by atoms with E-state index < -0.39 is 0 Å². The van der Waals surface area contributed by atoms with Crippen LogP contribution in [-0.2, 0) is 16.0 Å². The normalized spacial score (nSPS) is 10.9. The summed E-state index contributed by atoms with van der Waals surface area (Å²) in [6.45, 7) is 6.57. The van der Waals surface area contributed by atoms with Crippen molar-refractivity contribution in [3.05, 3.63) is 23.8 Å². The maximum atomic E-state index is 12.6. The molecule has 4 heteroatoms. The average Bonchev–Trinajstić information content (AvgIpc) is 2.80. The predicted octanol–water partition coefficient (Wildman–Crippen LogP) is 8.73. The van der Waals surface area contributed by atoms with Gasteiger partial charge in [0.1, 0.15) is 0 Å². The van der Waals surface area contributed by atoms with Crippen molar-refractivity contribution in [1.29, 1.82) is 0 Å². The third-order valence-electron chi connectivity index (χ3n) is 6.02. The summed E-state index contributed by atoms with van der Waals surface area (Å²) in [5.41, 5.74) is 0.949. The molecule has 0 amide bonds. The highest BCUT2D eigenvalue weighted by atomic mass is 16.6. The molecule has 188 valence electrons. The molecule has 0 aromatic heterocycles. The summed E-state index contributed by atoms with van der Waals surface area (Å²) in [6, 6.07) is 5.61. The van der Waals surface area contributed by atoms with Crippen LogP contribution in [0, 0.1) is 0 Å². The number of esters is 2. The fourth-order valence-corrected chi connectivity index (χ4v) is 3.96. The molecule has 1 rings (SSSR count). The third kappa shape index (κ3) is 14.1. The van der Waals surface area contributed by atoms with Crippen LogP contribution in [0.15, 0.2) is 18.2 Å². The van der Waals surface area contributed by atoms with Crippen molar-refractivity contribution >= 4 is 11.9 Å². The van der Waals surface area contributed by atoms with Crippen molar-refractivity contribution in [3.63, 3.8) is 0 Å². The SMILES string of the molecule is CCCCCCCCC(=O)Oc1cccc(CCCCC)c1OC(=O)CCCCCCCC. The molecule has 0 saturated carbocycles. The number of ether oxygens (including phenoxy) is 2. The van der Waals surface area contributed by atoms with Gasteiger partial charge < -0.3 is 9.47 Å². The predicted molar refractivity (Wildman–Crippen MR) is 137 cm³/mol. The lowest BCUT2D eigenvalue weighted by Crippen LogP contribution is -2.13. The van der Waals surface area contributed by atoms with Crippen molar-refractivity contribution in [3.8, 4) is 11.5 Å². The Hall–Kier alpha value is -1.84. The summed E-state index contributed by atoms with van der Waals surface area (Å²) in [5, 5.41) is 0. The van der Waals surface area contributed by atoms with Gasteiger partial charge in [-0.25, -0.2) is 0 Å². The second kappa shape index (κ2) is 19.6. The topological polar surface area (TPSA) is 52.6 Å². The van der Waals surface area contributed by atoms with Crippen LogP contribution in [0.25, 0.3) is 0 Å². The van der Waals surface area contributed by atoms with Crippen molar-refractivity contribution in [2.24, 2.45) is 0 Å². The zero-order valence-electron chi connectivity index (χ0n) is 21.6. The first-order valence-electron chi connectivity index (χ1n) is 13.7. The van der Waals surface area contributed by atoms with Gasteiger partial charge in [0.15, 0.2) is 11.5 Å². The van der Waals surface area contributed by atoms with Gasteiger partial charge in [-0.2, -0.15) is 0 Å². The molecule has 0 heterocycles. The second-order valence-corrected chi connectivity index (χ2v) is 9.19. The number of para-hydroxylation sites is 1. The minimum Gasteiger partial charge on any atom is -0.423 e. The molecule has 0 saturated heterocycles. The number of hydrogen-bond donors (Lipinski definition) is 0. The Morgan fingerprint density at radius 1 is 0.606 bits per heavy atom. The van der Waals surface area contributed by atoms with Crippen molar-refractivity contribution in [2.45, 2.75) is 136 Å². The van der Waals surface area contributed by atoms with Crippen LogP contribution in [-0.4, -0.2) is 11.9 Å². The van der Waals surface area contributed by atoms with E-state index in [-0.39, 0.29) is 11.9 Å². The highest BCUT2D eigenvalue weighted by molar-refractivity contribution is 5.76. The molecule has 1 aromatic rings. The first-order chi connectivity index (χ1) is 16.1. The zero-order chi connectivity index (χ0) is 24.2. The van der Waals surface area contributed by atoms with Crippen LogP contribution in [0.3, 0.4) is 0 Å². The Kier molecular flexibility index (Phi) is 17.4. The summed E-state index contributed by atoms with van der Waals surface area (Å²) in [5.74, 6) is 0.350. The summed E-state index contributed by atoms with van der Waals surface area (Å²) in [6.07, 6.45) is 18.4. The number of carbonyl (C=O) groups is 2. The number of aryl methyl sites for hydroxylation is 1. The summed E-state index contributed by atoms with van der Waals surface area (Å²) >= 11 is 0. The van der Waals surface area contributed by atoms with E-state index in [9.17, 15) is 9.59 Å². The van der Waals surface area contributed by atoms with Crippen LogP contribution >= 0.6 is 0 Å². The number of benzene rings is 1. The molecule has 0 N–H and O–H groups in total. The number of hydrogen-bond acceptors (Lipinski definition) is 4. The number of carbonyl (C=O) groups excluding carboxylic acids is 2. The Bertz CT molecular complexity index is 653. The molecule has 4 nitrogen and oxygen atoms in total. The Morgan fingerprint density at radius 2 is 1.09 bits per heavy atom. The van der Waals surface area contributed by atoms with E-state index in [1.165, 1.54) is 38.5 Å². The van der Waals surface area contributed by atoms with Gasteiger partial charge in [0.2, 0.25) is 0 Å². The molecule has 0 bridgehead atoms. The molecular weight excluding hydrogens is 412 g/mol. The fourth-order valence-electron chi connectivity index (χ4n) is 3.96. The van der Waals surface area contributed by atoms with Crippen LogP contribution < -0.4 is 9.47 Å². The Labute approximate surface area is 202 Å². The minimum absolute atomic E-state index is 0.235. The van der Waals surface area contributed by atoms with Crippen molar-refractivity contribution < 1.29 is 19.1 Å². The standard InChI is InChI=1S/C29H48O4/c1-4-7-10-12-14-17-23-27(30)32-26-22-19-21-25(20-16-9-6-3)29(26)33-28(31)24-18-15-13-11-8-5-2/h19,21-22H,4-18,20,23-24H2,1-3H3. The van der Waals surface area contributed by atoms with Crippen LogP contribution in [0.2, 0.25) is 0 Å². The quantitative estimate of drug-likeness (QED) is 0.111. The van der Waals surface area contributed by atoms with Gasteiger partial charge in [0, 0.05) is 12.8 Å². The Balaban J connectivity index is 2.67. The third-order valence-corrected chi connectivity index (χ3v) is 6.02. The number of rotatable bonds is 20. The average molecular weight is 461 g/mol. The van der Waals surface area contributed by atoms with Crippen LogP contribution in [0.4, 0.5) is 0 Å². The highest BCUT2D eigenvalue weighted by Gasteiger charge is 2.17. The van der Waals surface area contributed by atoms with Gasteiger partial charge >= 0.3 is 11.9 Å². The van der Waals surface area contributed by atoms with E-state index in [1.54, 1.807) is 6.07 Å². The van der Waals surface area contributed by atoms with E-state index in [0.29, 0.717) is 24.3 Å². The van der Waals surface area contributed by atoms with E-state index in [0.717, 1.165) is 69.8 Å². The van der Waals surface area contributed by atoms with Gasteiger partial charge in [0.05, 0.1) is 0 Å². The first kappa shape index (κ1) is 29.2. The summed E-state index contributed by atoms with van der Waals surface area (Å²) < 4.78 is 11.5. The minimum atomic E-state index is -0.246. The smallest absolute Gasteiger partial charge is 0.311 e. The molecule has 0 aliphatic rings. The molecule has 0 aliphatic carbocycles. The van der Waals surface area contributed by atoms with Gasteiger partial charge in [-0.15, -0.1) is 0 Å². The lowest BCUT2D eigenvalue weighted by Gasteiger charge is -2.15. The molecule has 0 aliphatic heterocycles. The summed E-state index contributed by atoms with van der Waals surface area (Å²) in [4.78, 5) is 25.0. The van der Waals surface area contributed by atoms with Crippen LogP contribution in [0.1, 0.15) is 135 Å². The van der Waals surface area contributed by atoms with Crippen molar-refractivity contribution in [2.75, 3.05) is 0 Å². The van der Waals surface area contributed by atoms with E-state index >= 15 is 0 Å². The maximum Gasteiger partial charge on any atom is 0.311 e. The summed E-state index contributed by atoms with van der Waals surface area (Å²) in [7, 11) is 0. The second-order valence-electron chi connectivity index (χ2n) is 9.19. The number of unbranched alkanes of at least 4 members (excludes halogenated alkanes) is 12. The van der Waals surface area contributed by atoms with Crippen molar-refractivity contribution in [1.82, 2.24) is 0 Å². The zero-order valence-corrected chi connectivity index (χ0v) is 21.6. The molecule has 0 atom stereocenters. The van der Waals surface area contributed by atoms with Gasteiger partial charge in [-0.3, -0.25) is 9.59 Å². The van der Waals surface area contributed by atoms with E-state index in [2.05, 4.69) is 20.8 Å². The van der Waals surface area contributed by atoms with Gasteiger partial charge in [-0.1, -0.05) is 110 Å². The molecule has 0 radical (unpaired) electrons. The first-order valence-corrected chi connectivity index (χ1v) is 13.7. The lowest BCUT2D eigenvalue weighted by molar-refractivity contribution is -0.137. The Morgan fingerprint density at radius 3 is 1.67 bits per heavy atom. The maximum absolute atomic E-state index is 12.6. The molecule has 0 fully saturated rings. The van der Waals surface area contributed by atoms with Gasteiger partial charge in [-0.05, 0) is 37.3 Å². The van der Waals surface area contributed by atoms with Crippen LogP contribution in [0.5, 0.6) is 11.5 Å². The molecule has 0 unspecified atom stereocenters. The fraction of sp³-hybridized carbons (Fsp3) is 0.724. The van der Waals surface area contributed by atoms with E-state index in [1.807, 2.05) is 12.1 Å². The van der Waals surface area contributed by atoms with Gasteiger partial charge in [0.25, 0.3) is 0 Å². The lowest BCUT2D eigenvalue weighted by atomic mass is 10.1. The van der Waals surface area contributed by atoms with E-state index in [4.69, 9.17) is 9.47 Å². The largest absolute Gasteiger partial charge is 0.423 e. The molecule has 33 heavy (non-hydrogen) atoms. The molecular formula is C29H48O4. The molecule has 1 aromatic carbocycles. The highest BCUT2D eigenvalue weighted by Crippen LogP contribution is 2.33. The monoisotopic (exact) mass is 460 g/mol. The molecule has 0 spiro atoms.